The lowest BCUT2D eigenvalue weighted by molar-refractivity contribution is 0.293. The van der Waals surface area contributed by atoms with Crippen molar-refractivity contribution in [2.24, 2.45) is 0 Å². The molecule has 39 heavy (non-hydrogen) atoms. The highest BCUT2D eigenvalue weighted by Crippen LogP contribution is 2.28. The van der Waals surface area contributed by atoms with Crippen LogP contribution in [0.25, 0.3) is 22.6 Å². The molecule has 1 aliphatic heterocycles. The smallest absolute Gasteiger partial charge is 0.247 e. The third kappa shape index (κ3) is 6.26. The van der Waals surface area contributed by atoms with E-state index in [1.807, 2.05) is 25.3 Å². The summed E-state index contributed by atoms with van der Waals surface area (Å²) in [7, 11) is 0. The van der Waals surface area contributed by atoms with Crippen molar-refractivity contribution in [1.82, 2.24) is 20.5 Å². The highest BCUT2D eigenvalue weighted by molar-refractivity contribution is 6.30. The van der Waals surface area contributed by atoms with Crippen LogP contribution in [-0.2, 0) is 0 Å². The molecular weight excluding hydrogens is 508 g/mol. The monoisotopic (exact) mass is 542 g/mol. The van der Waals surface area contributed by atoms with Crippen LogP contribution in [0.5, 0.6) is 0 Å². The van der Waals surface area contributed by atoms with Gasteiger partial charge in [0.25, 0.3) is 0 Å². The number of pyridine rings is 1. The van der Waals surface area contributed by atoms with Crippen LogP contribution in [0.1, 0.15) is 44.4 Å². The SMILES string of the molecule is Cc1nnc(-c2ccc(N3CCCC(NC4CCCCC4Nc4cc(-c5ccc(Cl)cc5)ccn4)C3)cc2)o1. The molecule has 2 aromatic carbocycles. The number of aromatic nitrogens is 3. The minimum atomic E-state index is 0.360. The molecule has 0 amide bonds. The lowest BCUT2D eigenvalue weighted by atomic mass is 9.89. The number of benzene rings is 2. The quantitative estimate of drug-likeness (QED) is 0.267. The van der Waals surface area contributed by atoms with Gasteiger partial charge in [0.15, 0.2) is 0 Å². The average molecular weight is 543 g/mol. The molecule has 1 aliphatic carbocycles. The Labute approximate surface area is 235 Å². The number of rotatable bonds is 7. The maximum atomic E-state index is 6.09. The predicted octanol–water partition coefficient (Wildman–Crippen LogP) is 6.74. The number of halogens is 1. The summed E-state index contributed by atoms with van der Waals surface area (Å²) in [5.41, 5.74) is 4.48. The molecule has 2 fully saturated rings. The molecule has 7 nitrogen and oxygen atoms in total. The summed E-state index contributed by atoms with van der Waals surface area (Å²) in [5.74, 6) is 2.09. The zero-order chi connectivity index (χ0) is 26.6. The van der Waals surface area contributed by atoms with Crippen LogP contribution in [0.15, 0.2) is 71.3 Å². The van der Waals surface area contributed by atoms with Gasteiger partial charge >= 0.3 is 0 Å². The largest absolute Gasteiger partial charge is 0.421 e. The van der Waals surface area contributed by atoms with Crippen molar-refractivity contribution in [1.29, 1.82) is 0 Å². The van der Waals surface area contributed by atoms with Crippen molar-refractivity contribution in [3.05, 3.63) is 77.8 Å². The molecular formula is C31H35ClN6O. The van der Waals surface area contributed by atoms with Crippen LogP contribution in [-0.4, -0.2) is 46.4 Å². The maximum Gasteiger partial charge on any atom is 0.247 e. The number of aryl methyl sites for hydroxylation is 1. The summed E-state index contributed by atoms with van der Waals surface area (Å²) < 4.78 is 5.58. The van der Waals surface area contributed by atoms with Crippen LogP contribution in [0.4, 0.5) is 11.5 Å². The van der Waals surface area contributed by atoms with Gasteiger partial charge in [-0.1, -0.05) is 36.6 Å². The lowest BCUT2D eigenvalue weighted by Gasteiger charge is -2.40. The van der Waals surface area contributed by atoms with Crippen LogP contribution in [0.2, 0.25) is 5.02 Å². The van der Waals surface area contributed by atoms with E-state index >= 15 is 0 Å². The molecule has 2 N–H and O–H groups in total. The third-order valence-corrected chi connectivity index (χ3v) is 8.17. The number of piperidine rings is 1. The number of nitrogens with zero attached hydrogens (tertiary/aromatic N) is 4. The highest BCUT2D eigenvalue weighted by Gasteiger charge is 2.29. The fourth-order valence-electron chi connectivity index (χ4n) is 5.90. The topological polar surface area (TPSA) is 79.1 Å². The number of anilines is 2. The first kappa shape index (κ1) is 25.8. The van der Waals surface area contributed by atoms with Crippen molar-refractivity contribution in [3.63, 3.8) is 0 Å². The van der Waals surface area contributed by atoms with E-state index in [2.05, 4.69) is 79.2 Å². The first-order chi connectivity index (χ1) is 19.1. The van der Waals surface area contributed by atoms with Crippen molar-refractivity contribution in [2.45, 2.75) is 63.6 Å². The van der Waals surface area contributed by atoms with E-state index in [1.54, 1.807) is 0 Å². The summed E-state index contributed by atoms with van der Waals surface area (Å²) in [5, 5.41) is 16.7. The maximum absolute atomic E-state index is 6.09. The second kappa shape index (κ2) is 11.8. The Morgan fingerprint density at radius 3 is 2.38 bits per heavy atom. The van der Waals surface area contributed by atoms with E-state index in [0.29, 0.717) is 29.9 Å². The zero-order valence-corrected chi connectivity index (χ0v) is 23.1. The van der Waals surface area contributed by atoms with Gasteiger partial charge in [-0.3, -0.25) is 0 Å². The Morgan fingerprint density at radius 2 is 1.62 bits per heavy atom. The first-order valence-corrected chi connectivity index (χ1v) is 14.4. The Balaban J connectivity index is 1.10. The van der Waals surface area contributed by atoms with Crippen LogP contribution >= 0.6 is 11.6 Å². The molecule has 3 atom stereocenters. The van der Waals surface area contributed by atoms with Gasteiger partial charge in [0.1, 0.15) is 5.82 Å². The van der Waals surface area contributed by atoms with Gasteiger partial charge in [-0.15, -0.1) is 10.2 Å². The molecule has 3 unspecified atom stereocenters. The Bertz CT molecular complexity index is 1370. The summed E-state index contributed by atoms with van der Waals surface area (Å²) in [6, 6.07) is 21.9. The van der Waals surface area contributed by atoms with Gasteiger partial charge in [0, 0.05) is 60.6 Å². The Kier molecular flexibility index (Phi) is 7.79. The molecule has 0 spiro atoms. The zero-order valence-electron chi connectivity index (χ0n) is 22.3. The molecule has 2 aliphatic rings. The summed E-state index contributed by atoms with van der Waals surface area (Å²) in [6.45, 7) is 3.89. The summed E-state index contributed by atoms with van der Waals surface area (Å²) in [4.78, 5) is 7.14. The Morgan fingerprint density at radius 1 is 0.846 bits per heavy atom. The molecule has 1 saturated heterocycles. The minimum absolute atomic E-state index is 0.360. The second-order valence-electron chi connectivity index (χ2n) is 10.7. The molecule has 6 rings (SSSR count). The minimum Gasteiger partial charge on any atom is -0.421 e. The molecule has 2 aromatic heterocycles. The fraction of sp³-hybridized carbons (Fsp3) is 0.387. The van der Waals surface area contributed by atoms with Crippen molar-refractivity contribution < 1.29 is 4.42 Å². The molecule has 3 heterocycles. The molecule has 4 aromatic rings. The Hall–Kier alpha value is -3.42. The van der Waals surface area contributed by atoms with Crippen molar-refractivity contribution >= 4 is 23.1 Å². The van der Waals surface area contributed by atoms with Gasteiger partial charge in [-0.05, 0) is 85.3 Å². The van der Waals surface area contributed by atoms with Gasteiger partial charge in [0.05, 0.1) is 0 Å². The van der Waals surface area contributed by atoms with Gasteiger partial charge < -0.3 is 20.0 Å². The van der Waals surface area contributed by atoms with Crippen LogP contribution < -0.4 is 15.5 Å². The molecule has 1 saturated carbocycles. The first-order valence-electron chi connectivity index (χ1n) is 14.0. The third-order valence-electron chi connectivity index (χ3n) is 7.91. The second-order valence-corrected chi connectivity index (χ2v) is 11.1. The molecule has 202 valence electrons. The lowest BCUT2D eigenvalue weighted by Crippen LogP contribution is -2.54. The highest BCUT2D eigenvalue weighted by atomic mass is 35.5. The van der Waals surface area contributed by atoms with E-state index < -0.39 is 0 Å². The van der Waals surface area contributed by atoms with E-state index in [0.717, 1.165) is 47.0 Å². The average Bonchev–Trinajstić information content (AvgIpc) is 3.41. The summed E-state index contributed by atoms with van der Waals surface area (Å²) in [6.07, 6.45) is 9.11. The number of hydrogen-bond donors (Lipinski definition) is 2. The van der Waals surface area contributed by atoms with Gasteiger partial charge in [0.2, 0.25) is 11.8 Å². The number of hydrogen-bond acceptors (Lipinski definition) is 7. The van der Waals surface area contributed by atoms with Crippen LogP contribution in [0.3, 0.4) is 0 Å². The predicted molar refractivity (Wildman–Crippen MR) is 157 cm³/mol. The molecule has 0 bridgehead atoms. The normalized spacial score (nSPS) is 21.6. The number of nitrogens with one attached hydrogen (secondary N) is 2. The van der Waals surface area contributed by atoms with E-state index in [-0.39, 0.29) is 0 Å². The van der Waals surface area contributed by atoms with Crippen molar-refractivity contribution in [2.75, 3.05) is 23.3 Å². The van der Waals surface area contributed by atoms with E-state index in [9.17, 15) is 0 Å². The molecule has 0 radical (unpaired) electrons. The standard InChI is InChI=1S/C31H35ClN6O/c1-21-36-37-31(39-21)23-10-14-27(15-11-23)38-18-4-5-26(20-38)34-28-6-2-3-7-29(28)35-30-19-24(16-17-33-30)22-8-12-25(32)13-9-22/h8-17,19,26,28-29,34H,2-7,18,20H2,1H3,(H,33,35). The summed E-state index contributed by atoms with van der Waals surface area (Å²) >= 11 is 6.09. The van der Waals surface area contributed by atoms with Crippen molar-refractivity contribution in [3.8, 4) is 22.6 Å². The van der Waals surface area contributed by atoms with Crippen LogP contribution in [0, 0.1) is 6.92 Å². The van der Waals surface area contributed by atoms with Gasteiger partial charge in [-0.2, -0.15) is 0 Å². The molecule has 8 heteroatoms. The fourth-order valence-corrected chi connectivity index (χ4v) is 6.03. The van der Waals surface area contributed by atoms with Gasteiger partial charge in [-0.25, -0.2) is 4.98 Å². The van der Waals surface area contributed by atoms with E-state index in [1.165, 1.54) is 37.8 Å². The van der Waals surface area contributed by atoms with E-state index in [4.69, 9.17) is 16.0 Å².